The van der Waals surface area contributed by atoms with E-state index in [1.54, 1.807) is 0 Å². The van der Waals surface area contributed by atoms with E-state index in [2.05, 4.69) is 57.2 Å². The van der Waals surface area contributed by atoms with E-state index in [9.17, 15) is 0 Å². The van der Waals surface area contributed by atoms with Crippen LogP contribution in [-0.2, 0) is 5.41 Å². The van der Waals surface area contributed by atoms with Gasteiger partial charge in [0.25, 0.3) is 0 Å². The molecule has 18 heavy (non-hydrogen) atoms. The Hall–Kier alpha value is -1.27. The first kappa shape index (κ1) is 13.2. The molecule has 0 saturated carbocycles. The van der Waals surface area contributed by atoms with E-state index in [0.29, 0.717) is 0 Å². The maximum atomic E-state index is 5.90. The van der Waals surface area contributed by atoms with E-state index in [1.807, 2.05) is 12.1 Å². The summed E-state index contributed by atoms with van der Waals surface area (Å²) in [7, 11) is 0. The molecule has 0 aromatic heterocycles. The molecule has 0 nitrogen and oxygen atoms in total. The molecule has 0 saturated heterocycles. The number of benzene rings is 2. The van der Waals surface area contributed by atoms with Crippen LogP contribution < -0.4 is 0 Å². The van der Waals surface area contributed by atoms with Crippen molar-refractivity contribution in [2.24, 2.45) is 0 Å². The van der Waals surface area contributed by atoms with Crippen molar-refractivity contribution < 1.29 is 0 Å². The second-order valence-corrected chi connectivity index (χ2v) is 5.76. The van der Waals surface area contributed by atoms with Crippen molar-refractivity contribution in [3.63, 3.8) is 0 Å². The summed E-state index contributed by atoms with van der Waals surface area (Å²) >= 11 is 5.90. The second kappa shape index (κ2) is 5.16. The van der Waals surface area contributed by atoms with Crippen LogP contribution >= 0.6 is 11.6 Å². The molecule has 0 unspecified atom stereocenters. The van der Waals surface area contributed by atoms with Crippen LogP contribution in [0.15, 0.2) is 48.5 Å². The van der Waals surface area contributed by atoms with Gasteiger partial charge in [-0.2, -0.15) is 0 Å². The lowest BCUT2D eigenvalue weighted by atomic mass is 9.82. The Morgan fingerprint density at radius 1 is 0.833 bits per heavy atom. The summed E-state index contributed by atoms with van der Waals surface area (Å²) in [5.41, 5.74) is 4.09. The zero-order chi connectivity index (χ0) is 13.2. The zero-order valence-corrected chi connectivity index (χ0v) is 12.0. The summed E-state index contributed by atoms with van der Waals surface area (Å²) in [6, 6.07) is 16.8. The van der Waals surface area contributed by atoms with Crippen molar-refractivity contribution in [2.75, 3.05) is 0 Å². The fourth-order valence-corrected chi connectivity index (χ4v) is 2.09. The van der Waals surface area contributed by atoms with Gasteiger partial charge in [-0.25, -0.2) is 0 Å². The normalized spacial score (nSPS) is 11.6. The minimum atomic E-state index is 0.249. The molecule has 0 spiro atoms. The first-order valence-corrected chi connectivity index (χ1v) is 6.77. The Kier molecular flexibility index (Phi) is 3.77. The molecule has 0 radical (unpaired) electrons. The van der Waals surface area contributed by atoms with Crippen molar-refractivity contribution in [3.8, 4) is 11.1 Å². The molecule has 0 N–H and O–H groups in total. The Morgan fingerprint density at radius 2 is 1.28 bits per heavy atom. The molecule has 0 amide bonds. The van der Waals surface area contributed by atoms with Gasteiger partial charge < -0.3 is 0 Å². The molecule has 0 aliphatic carbocycles. The number of halogens is 1. The van der Waals surface area contributed by atoms with Crippen molar-refractivity contribution in [1.82, 2.24) is 0 Å². The highest BCUT2D eigenvalue weighted by Crippen LogP contribution is 2.29. The highest BCUT2D eigenvalue weighted by molar-refractivity contribution is 6.30. The molecule has 1 heteroatoms. The average Bonchev–Trinajstić information content (AvgIpc) is 2.40. The van der Waals surface area contributed by atoms with Crippen LogP contribution in [-0.4, -0.2) is 0 Å². The molecule has 0 heterocycles. The van der Waals surface area contributed by atoms with Crippen LogP contribution in [0.3, 0.4) is 0 Å². The third-order valence-electron chi connectivity index (χ3n) is 3.73. The van der Waals surface area contributed by atoms with Crippen LogP contribution in [0.5, 0.6) is 0 Å². The largest absolute Gasteiger partial charge is 0.0843 e. The number of rotatable bonds is 3. The van der Waals surface area contributed by atoms with Gasteiger partial charge >= 0.3 is 0 Å². The quantitative estimate of drug-likeness (QED) is 0.663. The molecule has 94 valence electrons. The summed E-state index contributed by atoms with van der Waals surface area (Å²) < 4.78 is 0. The highest BCUT2D eigenvalue weighted by atomic mass is 35.5. The summed E-state index contributed by atoms with van der Waals surface area (Å²) in [6.07, 6.45) is 1.15. The predicted molar refractivity (Wildman–Crippen MR) is 80.2 cm³/mol. The van der Waals surface area contributed by atoms with Crippen LogP contribution in [0.4, 0.5) is 0 Å². The third-order valence-corrected chi connectivity index (χ3v) is 3.98. The minimum Gasteiger partial charge on any atom is -0.0843 e. The van der Waals surface area contributed by atoms with Gasteiger partial charge in [0, 0.05) is 5.02 Å². The number of hydrogen-bond donors (Lipinski definition) is 0. The molecule has 2 rings (SSSR count). The van der Waals surface area contributed by atoms with Gasteiger partial charge in [0.2, 0.25) is 0 Å². The van der Waals surface area contributed by atoms with Crippen LogP contribution in [0, 0.1) is 0 Å². The van der Waals surface area contributed by atoms with E-state index < -0.39 is 0 Å². The van der Waals surface area contributed by atoms with Gasteiger partial charge in [-0.1, -0.05) is 68.8 Å². The lowest BCUT2D eigenvalue weighted by molar-refractivity contribution is 0.506. The summed E-state index contributed by atoms with van der Waals surface area (Å²) in [5, 5.41) is 0.780. The maximum Gasteiger partial charge on any atom is 0.0406 e. The second-order valence-electron chi connectivity index (χ2n) is 5.32. The lowest BCUT2D eigenvalue weighted by Gasteiger charge is -2.23. The number of hydrogen-bond acceptors (Lipinski definition) is 0. The molecular weight excluding hydrogens is 240 g/mol. The molecule has 0 bridgehead atoms. The van der Waals surface area contributed by atoms with Gasteiger partial charge in [-0.05, 0) is 40.7 Å². The molecule has 0 fully saturated rings. The molecular formula is C17H19Cl. The fraction of sp³-hybridized carbons (Fsp3) is 0.294. The summed E-state index contributed by atoms with van der Waals surface area (Å²) in [6.45, 7) is 6.79. The SMILES string of the molecule is CCC(C)(C)c1ccc(-c2ccc(Cl)cc2)cc1. The van der Waals surface area contributed by atoms with E-state index in [1.165, 1.54) is 16.7 Å². The topological polar surface area (TPSA) is 0 Å². The Balaban J connectivity index is 2.30. The van der Waals surface area contributed by atoms with Crippen LogP contribution in [0.2, 0.25) is 5.02 Å². The lowest BCUT2D eigenvalue weighted by Crippen LogP contribution is -2.14. The van der Waals surface area contributed by atoms with Gasteiger partial charge in [-0.3, -0.25) is 0 Å². The van der Waals surface area contributed by atoms with Gasteiger partial charge in [0.15, 0.2) is 0 Å². The molecule has 2 aromatic carbocycles. The van der Waals surface area contributed by atoms with Crippen LogP contribution in [0.1, 0.15) is 32.8 Å². The van der Waals surface area contributed by atoms with Gasteiger partial charge in [0.05, 0.1) is 0 Å². The maximum absolute atomic E-state index is 5.90. The summed E-state index contributed by atoms with van der Waals surface area (Å²) in [5.74, 6) is 0. The van der Waals surface area contributed by atoms with Crippen molar-refractivity contribution in [3.05, 3.63) is 59.1 Å². The van der Waals surface area contributed by atoms with Crippen molar-refractivity contribution in [1.29, 1.82) is 0 Å². The summed E-state index contributed by atoms with van der Waals surface area (Å²) in [4.78, 5) is 0. The van der Waals surface area contributed by atoms with Gasteiger partial charge in [-0.15, -0.1) is 0 Å². The van der Waals surface area contributed by atoms with E-state index in [-0.39, 0.29) is 5.41 Å². The predicted octanol–water partition coefficient (Wildman–Crippen LogP) is 5.69. The van der Waals surface area contributed by atoms with Crippen molar-refractivity contribution >= 4 is 11.6 Å². The average molecular weight is 259 g/mol. The van der Waals surface area contributed by atoms with Crippen LogP contribution in [0.25, 0.3) is 11.1 Å². The standard InChI is InChI=1S/C17H19Cl/c1-4-17(2,3)15-9-5-13(6-10-15)14-7-11-16(18)12-8-14/h5-12H,4H2,1-3H3. The smallest absolute Gasteiger partial charge is 0.0406 e. The molecule has 2 aromatic rings. The van der Waals surface area contributed by atoms with Crippen molar-refractivity contribution in [2.45, 2.75) is 32.6 Å². The molecule has 0 aliphatic heterocycles. The highest BCUT2D eigenvalue weighted by Gasteiger charge is 2.17. The monoisotopic (exact) mass is 258 g/mol. The Bertz CT molecular complexity index is 506. The van der Waals surface area contributed by atoms with Gasteiger partial charge in [0.1, 0.15) is 0 Å². The van der Waals surface area contributed by atoms with E-state index in [4.69, 9.17) is 11.6 Å². The zero-order valence-electron chi connectivity index (χ0n) is 11.2. The first-order chi connectivity index (χ1) is 8.53. The Morgan fingerprint density at radius 3 is 1.72 bits per heavy atom. The third kappa shape index (κ3) is 2.76. The van der Waals surface area contributed by atoms with E-state index in [0.717, 1.165) is 11.4 Å². The Labute approximate surface area is 115 Å². The minimum absolute atomic E-state index is 0.249. The fourth-order valence-electron chi connectivity index (χ4n) is 1.96. The molecule has 0 aliphatic rings. The van der Waals surface area contributed by atoms with E-state index >= 15 is 0 Å². The molecule has 0 atom stereocenters. The first-order valence-electron chi connectivity index (χ1n) is 6.39.